The van der Waals surface area contributed by atoms with Gasteiger partial charge in [0.2, 0.25) is 0 Å². The summed E-state index contributed by atoms with van der Waals surface area (Å²) in [4.78, 5) is 8.00. The molecule has 0 amide bonds. The smallest absolute Gasteiger partial charge is 0.106 e. The molecule has 0 aromatic rings. The molecule has 0 radical (unpaired) electrons. The van der Waals surface area contributed by atoms with E-state index in [1.165, 1.54) is 5.57 Å². The number of carbonyl (C=O) groups excluding carboxylic acids is 1. The van der Waals surface area contributed by atoms with Gasteiger partial charge in [0.25, 0.3) is 0 Å². The number of allylic oxidation sites excluding steroid dienone is 3. The third-order valence-corrected chi connectivity index (χ3v) is 1.82. The van der Waals surface area contributed by atoms with Crippen LogP contribution < -0.4 is 5.32 Å². The summed E-state index contributed by atoms with van der Waals surface area (Å²) in [5.74, 6) is 1.05. The van der Waals surface area contributed by atoms with Crippen LogP contribution >= 0.6 is 0 Å². The van der Waals surface area contributed by atoms with Crippen LogP contribution in [0.2, 0.25) is 0 Å². The van der Waals surface area contributed by atoms with Gasteiger partial charge in [0.1, 0.15) is 12.5 Å². The Labute approximate surface area is 85.1 Å². The third-order valence-electron chi connectivity index (χ3n) is 1.82. The van der Waals surface area contributed by atoms with Crippen molar-refractivity contribution in [2.75, 3.05) is 20.7 Å². The van der Waals surface area contributed by atoms with Crippen LogP contribution in [-0.4, -0.2) is 27.5 Å². The molecule has 1 rings (SSSR count). The molecule has 0 atom stereocenters. The summed E-state index contributed by atoms with van der Waals surface area (Å²) in [6.07, 6.45) is 9.15. The lowest BCUT2D eigenvalue weighted by Crippen LogP contribution is -2.11. The number of methoxy groups -OCH3 is 1. The Hall–Kier alpha value is -1.35. The summed E-state index contributed by atoms with van der Waals surface area (Å²) < 4.78 is 5.27. The van der Waals surface area contributed by atoms with Crippen molar-refractivity contribution >= 4 is 6.79 Å². The SMILES string of the molecule is C=O.CNCC1=C(OC)CC=CC=C1. The van der Waals surface area contributed by atoms with Crippen LogP contribution in [0.3, 0.4) is 0 Å². The standard InChI is InChI=1S/C10H15NO.CH2O/c1-11-8-9-6-4-3-5-7-10(9)12-2;1-2/h3-6,11H,7-8H2,1-2H3;1H2. The van der Waals surface area contributed by atoms with E-state index in [4.69, 9.17) is 9.53 Å². The molecule has 1 aliphatic rings. The van der Waals surface area contributed by atoms with Crippen LogP contribution in [-0.2, 0) is 9.53 Å². The van der Waals surface area contributed by atoms with Gasteiger partial charge in [0, 0.05) is 18.5 Å². The molecule has 0 fully saturated rings. The molecule has 0 saturated heterocycles. The maximum atomic E-state index is 8.00. The predicted octanol–water partition coefficient (Wildman–Crippen LogP) is 1.44. The zero-order valence-electron chi connectivity index (χ0n) is 8.75. The molecule has 0 spiro atoms. The zero-order valence-corrected chi connectivity index (χ0v) is 8.75. The predicted molar refractivity (Wildman–Crippen MR) is 58.0 cm³/mol. The van der Waals surface area contributed by atoms with E-state index in [1.54, 1.807) is 7.11 Å². The maximum Gasteiger partial charge on any atom is 0.106 e. The van der Waals surface area contributed by atoms with Gasteiger partial charge >= 0.3 is 0 Å². The molecule has 78 valence electrons. The molecule has 0 unspecified atom stereocenters. The minimum absolute atomic E-state index is 0.862. The fraction of sp³-hybridized carbons (Fsp3) is 0.364. The normalized spacial score (nSPS) is 14.4. The van der Waals surface area contributed by atoms with Crippen molar-refractivity contribution in [1.29, 1.82) is 0 Å². The van der Waals surface area contributed by atoms with Gasteiger partial charge in [-0.3, -0.25) is 0 Å². The van der Waals surface area contributed by atoms with Crippen LogP contribution in [0, 0.1) is 0 Å². The van der Waals surface area contributed by atoms with Crippen LogP contribution in [0.15, 0.2) is 35.6 Å². The number of carbonyl (C=O) groups is 1. The van der Waals surface area contributed by atoms with Crippen LogP contribution in [0.1, 0.15) is 6.42 Å². The number of ether oxygens (including phenoxy) is 1. The topological polar surface area (TPSA) is 38.3 Å². The summed E-state index contributed by atoms with van der Waals surface area (Å²) in [5, 5.41) is 3.11. The summed E-state index contributed by atoms with van der Waals surface area (Å²) in [5.41, 5.74) is 1.23. The van der Waals surface area contributed by atoms with Gasteiger partial charge in [-0.1, -0.05) is 24.3 Å². The molecular weight excluding hydrogens is 178 g/mol. The van der Waals surface area contributed by atoms with Crippen molar-refractivity contribution in [2.45, 2.75) is 6.42 Å². The Bertz CT molecular complexity index is 242. The van der Waals surface area contributed by atoms with E-state index in [2.05, 4.69) is 17.5 Å². The largest absolute Gasteiger partial charge is 0.500 e. The van der Waals surface area contributed by atoms with Gasteiger partial charge in [-0.2, -0.15) is 0 Å². The monoisotopic (exact) mass is 195 g/mol. The van der Waals surface area contributed by atoms with Crippen molar-refractivity contribution in [3.05, 3.63) is 35.6 Å². The number of nitrogens with one attached hydrogen (secondary N) is 1. The Kier molecular flexibility index (Phi) is 7.46. The number of hydrogen-bond donors (Lipinski definition) is 1. The second kappa shape index (κ2) is 8.26. The van der Waals surface area contributed by atoms with Crippen LogP contribution in [0.25, 0.3) is 0 Å². The summed E-state index contributed by atoms with van der Waals surface area (Å²) >= 11 is 0. The number of hydrogen-bond acceptors (Lipinski definition) is 3. The Morgan fingerprint density at radius 3 is 2.79 bits per heavy atom. The van der Waals surface area contributed by atoms with Gasteiger partial charge in [-0.25, -0.2) is 0 Å². The molecule has 0 saturated carbocycles. The highest BCUT2D eigenvalue weighted by molar-refractivity contribution is 5.30. The first-order chi connectivity index (χ1) is 6.88. The molecule has 0 aliphatic heterocycles. The first kappa shape index (κ1) is 12.7. The molecule has 1 aliphatic carbocycles. The second-order valence-electron chi connectivity index (χ2n) is 2.67. The summed E-state index contributed by atoms with van der Waals surface area (Å²) in [6, 6.07) is 0. The van der Waals surface area contributed by atoms with Gasteiger partial charge in [0.05, 0.1) is 7.11 Å². The highest BCUT2D eigenvalue weighted by Gasteiger charge is 2.03. The third kappa shape index (κ3) is 4.05. The van der Waals surface area contributed by atoms with Gasteiger partial charge in [-0.05, 0) is 7.05 Å². The maximum absolute atomic E-state index is 8.00. The average Bonchev–Trinajstić information content (AvgIpc) is 2.47. The van der Waals surface area contributed by atoms with Crippen molar-refractivity contribution in [3.63, 3.8) is 0 Å². The first-order valence-corrected chi connectivity index (χ1v) is 4.41. The fourth-order valence-electron chi connectivity index (χ4n) is 1.21. The summed E-state index contributed by atoms with van der Waals surface area (Å²) in [6.45, 7) is 2.86. The van der Waals surface area contributed by atoms with Gasteiger partial charge in [-0.15, -0.1) is 0 Å². The second-order valence-corrected chi connectivity index (χ2v) is 2.67. The van der Waals surface area contributed by atoms with E-state index < -0.39 is 0 Å². The van der Waals surface area contributed by atoms with E-state index in [9.17, 15) is 0 Å². The highest BCUT2D eigenvalue weighted by atomic mass is 16.5. The number of likely N-dealkylation sites (N-methyl/N-ethyl adjacent to an activating group) is 1. The number of rotatable bonds is 3. The van der Waals surface area contributed by atoms with Crippen molar-refractivity contribution < 1.29 is 9.53 Å². The lowest BCUT2D eigenvalue weighted by molar-refractivity contribution is -0.0979. The Morgan fingerprint density at radius 2 is 2.21 bits per heavy atom. The van der Waals surface area contributed by atoms with Crippen LogP contribution in [0.5, 0.6) is 0 Å². The lowest BCUT2D eigenvalue weighted by atomic mass is 10.2. The molecular formula is C11H17NO2. The molecule has 3 heteroatoms. The first-order valence-electron chi connectivity index (χ1n) is 4.41. The van der Waals surface area contributed by atoms with E-state index in [0.717, 1.165) is 18.7 Å². The summed E-state index contributed by atoms with van der Waals surface area (Å²) in [7, 11) is 3.66. The van der Waals surface area contributed by atoms with E-state index in [1.807, 2.05) is 26.0 Å². The molecule has 3 nitrogen and oxygen atoms in total. The molecule has 0 aromatic carbocycles. The minimum Gasteiger partial charge on any atom is -0.500 e. The van der Waals surface area contributed by atoms with Crippen molar-refractivity contribution in [3.8, 4) is 0 Å². The highest BCUT2D eigenvalue weighted by Crippen LogP contribution is 2.14. The lowest BCUT2D eigenvalue weighted by Gasteiger charge is -2.08. The van der Waals surface area contributed by atoms with Gasteiger partial charge < -0.3 is 14.8 Å². The molecule has 0 aromatic heterocycles. The quantitative estimate of drug-likeness (QED) is 0.740. The van der Waals surface area contributed by atoms with E-state index >= 15 is 0 Å². The Morgan fingerprint density at radius 1 is 1.50 bits per heavy atom. The molecule has 14 heavy (non-hydrogen) atoms. The molecule has 0 bridgehead atoms. The van der Waals surface area contributed by atoms with Gasteiger partial charge in [0.15, 0.2) is 0 Å². The van der Waals surface area contributed by atoms with Crippen LogP contribution in [0.4, 0.5) is 0 Å². The van der Waals surface area contributed by atoms with E-state index in [-0.39, 0.29) is 0 Å². The molecule has 0 heterocycles. The Balaban J connectivity index is 0.000000791. The average molecular weight is 195 g/mol. The zero-order chi connectivity index (χ0) is 10.8. The minimum atomic E-state index is 0.862. The fourth-order valence-corrected chi connectivity index (χ4v) is 1.21. The van der Waals surface area contributed by atoms with Crippen molar-refractivity contribution in [1.82, 2.24) is 5.32 Å². The molecule has 1 N–H and O–H groups in total. The van der Waals surface area contributed by atoms with Crippen molar-refractivity contribution in [2.24, 2.45) is 0 Å². The van der Waals surface area contributed by atoms with E-state index in [0.29, 0.717) is 0 Å².